The first kappa shape index (κ1) is 11.0. The summed E-state index contributed by atoms with van der Waals surface area (Å²) in [4.78, 5) is 8.64. The molecule has 4 heteroatoms. The minimum absolute atomic E-state index is 0.820. The van der Waals surface area contributed by atoms with Crippen molar-refractivity contribution in [3.63, 3.8) is 0 Å². The lowest BCUT2D eigenvalue weighted by Gasteiger charge is -2.08. The summed E-state index contributed by atoms with van der Waals surface area (Å²) in [7, 11) is 0. The zero-order valence-corrected chi connectivity index (χ0v) is 10.5. The van der Waals surface area contributed by atoms with E-state index in [2.05, 4.69) is 32.1 Å². The molecule has 0 aliphatic rings. The van der Waals surface area contributed by atoms with Crippen molar-refractivity contribution in [2.45, 2.75) is 26.4 Å². The number of nitrogens with zero attached hydrogens (tertiary/aromatic N) is 4. The molecule has 2 aromatic heterocycles. The standard InChI is InChI=1S/C14H16N4/c1-2-7-17-10-15-8-12(17)9-18-11-16-13-5-3-4-6-14(13)18/h3-6,8,10-11H,2,7,9H2,1H3. The molecule has 0 amide bonds. The van der Waals surface area contributed by atoms with E-state index in [9.17, 15) is 0 Å². The molecule has 0 radical (unpaired) electrons. The molecule has 0 bridgehead atoms. The zero-order chi connectivity index (χ0) is 12.4. The van der Waals surface area contributed by atoms with E-state index in [1.54, 1.807) is 0 Å². The molecule has 92 valence electrons. The predicted molar refractivity (Wildman–Crippen MR) is 71.4 cm³/mol. The van der Waals surface area contributed by atoms with Crippen LogP contribution in [0, 0.1) is 0 Å². The Kier molecular flexibility index (Phi) is 2.84. The number of fused-ring (bicyclic) bond motifs is 1. The highest BCUT2D eigenvalue weighted by Crippen LogP contribution is 2.14. The highest BCUT2D eigenvalue weighted by Gasteiger charge is 2.05. The first-order valence-electron chi connectivity index (χ1n) is 6.27. The average Bonchev–Trinajstić information content (AvgIpc) is 2.99. The summed E-state index contributed by atoms with van der Waals surface area (Å²) >= 11 is 0. The number of aromatic nitrogens is 4. The van der Waals surface area contributed by atoms with Crippen molar-refractivity contribution in [2.24, 2.45) is 0 Å². The minimum atomic E-state index is 0.820. The van der Waals surface area contributed by atoms with Gasteiger partial charge < -0.3 is 9.13 Å². The number of imidazole rings is 2. The van der Waals surface area contributed by atoms with Gasteiger partial charge in [0.05, 0.1) is 35.9 Å². The van der Waals surface area contributed by atoms with Gasteiger partial charge in [-0.1, -0.05) is 19.1 Å². The molecule has 4 nitrogen and oxygen atoms in total. The summed E-state index contributed by atoms with van der Waals surface area (Å²) < 4.78 is 4.37. The molecule has 0 saturated carbocycles. The lowest BCUT2D eigenvalue weighted by molar-refractivity contribution is 0.628. The number of hydrogen-bond donors (Lipinski definition) is 0. The van der Waals surface area contributed by atoms with Crippen molar-refractivity contribution in [1.29, 1.82) is 0 Å². The summed E-state index contributed by atoms with van der Waals surface area (Å²) in [5.74, 6) is 0. The van der Waals surface area contributed by atoms with Crippen LogP contribution in [0.4, 0.5) is 0 Å². The Morgan fingerprint density at radius 3 is 2.89 bits per heavy atom. The topological polar surface area (TPSA) is 35.6 Å². The van der Waals surface area contributed by atoms with Gasteiger partial charge in [0.25, 0.3) is 0 Å². The fraction of sp³-hybridized carbons (Fsp3) is 0.286. The van der Waals surface area contributed by atoms with Crippen LogP contribution in [0.2, 0.25) is 0 Å². The molecule has 0 aliphatic carbocycles. The second-order valence-electron chi connectivity index (χ2n) is 4.44. The Balaban J connectivity index is 1.94. The third-order valence-electron chi connectivity index (χ3n) is 3.12. The molecule has 0 saturated heterocycles. The molecule has 3 aromatic rings. The third-order valence-corrected chi connectivity index (χ3v) is 3.12. The maximum absolute atomic E-state index is 4.41. The van der Waals surface area contributed by atoms with E-state index < -0.39 is 0 Å². The third kappa shape index (κ3) is 1.90. The lowest BCUT2D eigenvalue weighted by atomic mass is 10.3. The molecule has 18 heavy (non-hydrogen) atoms. The molecule has 0 atom stereocenters. The molecule has 3 rings (SSSR count). The maximum Gasteiger partial charge on any atom is 0.0962 e. The van der Waals surface area contributed by atoms with Crippen molar-refractivity contribution >= 4 is 11.0 Å². The molecule has 0 N–H and O–H groups in total. The summed E-state index contributed by atoms with van der Waals surface area (Å²) in [6, 6.07) is 8.20. The van der Waals surface area contributed by atoms with Gasteiger partial charge in [0.1, 0.15) is 0 Å². The van der Waals surface area contributed by atoms with Crippen LogP contribution < -0.4 is 0 Å². The van der Waals surface area contributed by atoms with E-state index in [0.29, 0.717) is 0 Å². The number of benzene rings is 1. The average molecular weight is 240 g/mol. The minimum Gasteiger partial charge on any atom is -0.333 e. The number of para-hydroxylation sites is 2. The molecule has 1 aromatic carbocycles. The predicted octanol–water partition coefficient (Wildman–Crippen LogP) is 2.69. The Morgan fingerprint density at radius 2 is 2.00 bits per heavy atom. The Morgan fingerprint density at radius 1 is 1.11 bits per heavy atom. The Labute approximate surface area is 106 Å². The van der Waals surface area contributed by atoms with Crippen LogP contribution in [0.15, 0.2) is 43.1 Å². The van der Waals surface area contributed by atoms with Gasteiger partial charge >= 0.3 is 0 Å². The normalized spacial score (nSPS) is 11.2. The van der Waals surface area contributed by atoms with Crippen molar-refractivity contribution in [2.75, 3.05) is 0 Å². The monoisotopic (exact) mass is 240 g/mol. The van der Waals surface area contributed by atoms with Crippen LogP contribution in [0.3, 0.4) is 0 Å². The van der Waals surface area contributed by atoms with Crippen LogP contribution in [-0.4, -0.2) is 19.1 Å². The lowest BCUT2D eigenvalue weighted by Crippen LogP contribution is -2.06. The van der Waals surface area contributed by atoms with Crippen molar-refractivity contribution in [3.8, 4) is 0 Å². The largest absolute Gasteiger partial charge is 0.333 e. The van der Waals surface area contributed by atoms with Crippen LogP contribution >= 0.6 is 0 Å². The fourth-order valence-corrected chi connectivity index (χ4v) is 2.23. The van der Waals surface area contributed by atoms with Gasteiger partial charge in [0.15, 0.2) is 0 Å². The molecular formula is C14H16N4. The van der Waals surface area contributed by atoms with Crippen LogP contribution in [0.5, 0.6) is 0 Å². The van der Waals surface area contributed by atoms with E-state index in [1.807, 2.05) is 37.1 Å². The van der Waals surface area contributed by atoms with Gasteiger partial charge in [-0.05, 0) is 18.6 Å². The van der Waals surface area contributed by atoms with Crippen LogP contribution in [-0.2, 0) is 13.1 Å². The van der Waals surface area contributed by atoms with Gasteiger partial charge in [-0.25, -0.2) is 9.97 Å². The van der Waals surface area contributed by atoms with Crippen molar-refractivity contribution in [1.82, 2.24) is 19.1 Å². The van der Waals surface area contributed by atoms with Gasteiger partial charge in [0.2, 0.25) is 0 Å². The molecule has 0 aliphatic heterocycles. The van der Waals surface area contributed by atoms with Gasteiger partial charge in [-0.2, -0.15) is 0 Å². The molecule has 0 spiro atoms. The molecular weight excluding hydrogens is 224 g/mol. The zero-order valence-electron chi connectivity index (χ0n) is 10.5. The summed E-state index contributed by atoms with van der Waals surface area (Å²) in [5, 5.41) is 0. The van der Waals surface area contributed by atoms with Crippen molar-refractivity contribution < 1.29 is 0 Å². The number of hydrogen-bond acceptors (Lipinski definition) is 2. The van der Waals surface area contributed by atoms with E-state index in [4.69, 9.17) is 0 Å². The highest BCUT2D eigenvalue weighted by atomic mass is 15.1. The molecule has 2 heterocycles. The summed E-state index contributed by atoms with van der Waals surface area (Å²) in [5.41, 5.74) is 3.43. The first-order valence-corrected chi connectivity index (χ1v) is 6.27. The van der Waals surface area contributed by atoms with Gasteiger partial charge in [-0.3, -0.25) is 0 Å². The number of rotatable bonds is 4. The van der Waals surface area contributed by atoms with Crippen LogP contribution in [0.25, 0.3) is 11.0 Å². The first-order chi connectivity index (χ1) is 8.88. The van der Waals surface area contributed by atoms with E-state index in [1.165, 1.54) is 11.2 Å². The second-order valence-corrected chi connectivity index (χ2v) is 4.44. The maximum atomic E-state index is 4.41. The Hall–Kier alpha value is -2.10. The highest BCUT2D eigenvalue weighted by molar-refractivity contribution is 5.74. The Bertz CT molecular complexity index is 650. The van der Waals surface area contributed by atoms with Crippen LogP contribution in [0.1, 0.15) is 19.0 Å². The van der Waals surface area contributed by atoms with E-state index in [-0.39, 0.29) is 0 Å². The van der Waals surface area contributed by atoms with Gasteiger partial charge in [0, 0.05) is 12.7 Å². The summed E-state index contributed by atoms with van der Waals surface area (Å²) in [6.07, 6.45) is 6.85. The quantitative estimate of drug-likeness (QED) is 0.703. The summed E-state index contributed by atoms with van der Waals surface area (Å²) in [6.45, 7) is 4.01. The van der Waals surface area contributed by atoms with Crippen molar-refractivity contribution in [3.05, 3.63) is 48.8 Å². The SMILES string of the molecule is CCCn1cncc1Cn1cnc2ccccc21. The smallest absolute Gasteiger partial charge is 0.0962 e. The van der Waals surface area contributed by atoms with Gasteiger partial charge in [-0.15, -0.1) is 0 Å². The van der Waals surface area contributed by atoms with E-state index >= 15 is 0 Å². The second kappa shape index (κ2) is 4.64. The molecule has 0 unspecified atom stereocenters. The number of aryl methyl sites for hydroxylation is 1. The molecule has 0 fully saturated rings. The fourth-order valence-electron chi connectivity index (χ4n) is 2.23. The van der Waals surface area contributed by atoms with E-state index in [0.717, 1.165) is 25.0 Å².